The first-order chi connectivity index (χ1) is 13.3. The van der Waals surface area contributed by atoms with E-state index in [-0.39, 0.29) is 5.91 Å². The van der Waals surface area contributed by atoms with Gasteiger partial charge in [-0.2, -0.15) is 0 Å². The van der Waals surface area contributed by atoms with Gasteiger partial charge in [0.25, 0.3) is 5.91 Å². The van der Waals surface area contributed by atoms with Gasteiger partial charge in [-0.15, -0.1) is 5.10 Å². The van der Waals surface area contributed by atoms with Gasteiger partial charge in [0.2, 0.25) is 0 Å². The highest BCUT2D eigenvalue weighted by atomic mass is 16.5. The van der Waals surface area contributed by atoms with E-state index in [9.17, 15) is 4.79 Å². The molecule has 1 heterocycles. The second-order valence-electron chi connectivity index (χ2n) is 5.76. The van der Waals surface area contributed by atoms with Crippen molar-refractivity contribution in [3.05, 3.63) is 96.8 Å². The van der Waals surface area contributed by atoms with E-state index in [4.69, 9.17) is 4.74 Å². The Morgan fingerprint density at radius 2 is 1.67 bits per heavy atom. The Kier molecular flexibility index (Phi) is 4.61. The first kappa shape index (κ1) is 16.5. The van der Waals surface area contributed by atoms with E-state index in [2.05, 4.69) is 15.6 Å². The fraction of sp³-hybridized carbons (Fsp3) is 0. The van der Waals surface area contributed by atoms with Crippen molar-refractivity contribution in [2.45, 2.75) is 0 Å². The first-order valence-electron chi connectivity index (χ1n) is 8.40. The molecular formula is C21H16N4O2. The number of rotatable bonds is 5. The second kappa shape index (κ2) is 7.53. The third-order valence-electron chi connectivity index (χ3n) is 3.90. The SMILES string of the molecule is O=C(Nc1ccccc1-n1ccnn1)c1cccc(Oc2ccccc2)c1. The van der Waals surface area contributed by atoms with Crippen LogP contribution in [0.1, 0.15) is 10.4 Å². The number of hydrogen-bond donors (Lipinski definition) is 1. The molecule has 0 unspecified atom stereocenters. The second-order valence-corrected chi connectivity index (χ2v) is 5.76. The van der Waals surface area contributed by atoms with Crippen molar-refractivity contribution in [3.63, 3.8) is 0 Å². The van der Waals surface area contributed by atoms with Crippen molar-refractivity contribution in [2.75, 3.05) is 5.32 Å². The summed E-state index contributed by atoms with van der Waals surface area (Å²) in [4.78, 5) is 12.7. The average molecular weight is 356 g/mol. The van der Waals surface area contributed by atoms with Crippen molar-refractivity contribution in [1.29, 1.82) is 0 Å². The van der Waals surface area contributed by atoms with Gasteiger partial charge >= 0.3 is 0 Å². The monoisotopic (exact) mass is 356 g/mol. The smallest absolute Gasteiger partial charge is 0.255 e. The van der Waals surface area contributed by atoms with Gasteiger partial charge in [-0.25, -0.2) is 4.68 Å². The lowest BCUT2D eigenvalue weighted by molar-refractivity contribution is 0.102. The Hall–Kier alpha value is -3.93. The minimum Gasteiger partial charge on any atom is -0.457 e. The van der Waals surface area contributed by atoms with E-state index in [1.54, 1.807) is 35.3 Å². The normalized spacial score (nSPS) is 10.4. The van der Waals surface area contributed by atoms with Crippen LogP contribution in [0, 0.1) is 0 Å². The van der Waals surface area contributed by atoms with Gasteiger partial charge in [0.1, 0.15) is 11.5 Å². The lowest BCUT2D eigenvalue weighted by Crippen LogP contribution is -2.14. The first-order valence-corrected chi connectivity index (χ1v) is 8.40. The minimum atomic E-state index is -0.235. The third kappa shape index (κ3) is 3.85. The number of para-hydroxylation sites is 3. The zero-order chi connectivity index (χ0) is 18.5. The quantitative estimate of drug-likeness (QED) is 0.578. The van der Waals surface area contributed by atoms with Gasteiger partial charge in [-0.1, -0.05) is 41.6 Å². The lowest BCUT2D eigenvalue weighted by Gasteiger charge is -2.11. The summed E-state index contributed by atoms with van der Waals surface area (Å²) in [5, 5.41) is 10.7. The summed E-state index contributed by atoms with van der Waals surface area (Å²) in [7, 11) is 0. The standard InChI is InChI=1S/C21H16N4O2/c26-21(23-19-11-4-5-12-20(19)25-14-13-22-24-25)16-7-6-10-18(15-16)27-17-8-2-1-3-9-17/h1-15H,(H,23,26). The molecule has 0 aliphatic rings. The Bertz CT molecular complexity index is 1050. The van der Waals surface area contributed by atoms with Crippen LogP contribution in [-0.2, 0) is 0 Å². The predicted octanol–water partition coefficient (Wildman–Crippen LogP) is 4.31. The van der Waals surface area contributed by atoms with Crippen LogP contribution in [-0.4, -0.2) is 20.9 Å². The molecule has 0 radical (unpaired) electrons. The fourth-order valence-electron chi connectivity index (χ4n) is 2.64. The van der Waals surface area contributed by atoms with Crippen molar-refractivity contribution >= 4 is 11.6 Å². The molecule has 132 valence electrons. The van der Waals surface area contributed by atoms with Gasteiger partial charge in [-0.3, -0.25) is 4.79 Å². The molecule has 6 nitrogen and oxygen atoms in total. The van der Waals surface area contributed by atoms with Gasteiger partial charge < -0.3 is 10.1 Å². The van der Waals surface area contributed by atoms with E-state index < -0.39 is 0 Å². The number of nitrogens with zero attached hydrogens (tertiary/aromatic N) is 3. The summed E-state index contributed by atoms with van der Waals surface area (Å²) in [6.45, 7) is 0. The zero-order valence-corrected chi connectivity index (χ0v) is 14.3. The minimum absolute atomic E-state index is 0.235. The molecule has 0 fully saturated rings. The molecule has 6 heteroatoms. The molecule has 4 aromatic rings. The highest BCUT2D eigenvalue weighted by Crippen LogP contribution is 2.23. The Morgan fingerprint density at radius 3 is 2.48 bits per heavy atom. The molecule has 0 aliphatic carbocycles. The third-order valence-corrected chi connectivity index (χ3v) is 3.90. The lowest BCUT2D eigenvalue weighted by atomic mass is 10.2. The number of carbonyl (C=O) groups excluding carboxylic acids is 1. The maximum Gasteiger partial charge on any atom is 0.255 e. The summed E-state index contributed by atoms with van der Waals surface area (Å²) in [5.41, 5.74) is 1.87. The van der Waals surface area contributed by atoms with Crippen LogP contribution in [0.25, 0.3) is 5.69 Å². The maximum absolute atomic E-state index is 12.7. The van der Waals surface area contributed by atoms with Crippen LogP contribution in [0.4, 0.5) is 5.69 Å². The number of benzene rings is 3. The van der Waals surface area contributed by atoms with Gasteiger partial charge in [0.05, 0.1) is 23.8 Å². The molecule has 3 aromatic carbocycles. The Morgan fingerprint density at radius 1 is 0.889 bits per heavy atom. The van der Waals surface area contributed by atoms with Gasteiger partial charge in [0, 0.05) is 5.56 Å². The van der Waals surface area contributed by atoms with Crippen LogP contribution in [0.15, 0.2) is 91.3 Å². The topological polar surface area (TPSA) is 69.0 Å². The van der Waals surface area contributed by atoms with Crippen LogP contribution >= 0.6 is 0 Å². The molecule has 0 saturated heterocycles. The number of carbonyl (C=O) groups is 1. The predicted molar refractivity (Wildman–Crippen MR) is 102 cm³/mol. The summed E-state index contributed by atoms with van der Waals surface area (Å²) < 4.78 is 7.40. The van der Waals surface area contributed by atoms with Crippen LogP contribution in [0.5, 0.6) is 11.5 Å². The molecule has 0 saturated carbocycles. The molecule has 0 aliphatic heterocycles. The van der Waals surface area contributed by atoms with Crippen molar-refractivity contribution < 1.29 is 9.53 Å². The molecule has 0 spiro atoms. The van der Waals surface area contributed by atoms with E-state index in [0.29, 0.717) is 22.7 Å². The van der Waals surface area contributed by atoms with Crippen molar-refractivity contribution in [2.24, 2.45) is 0 Å². The number of hydrogen-bond acceptors (Lipinski definition) is 4. The highest BCUT2D eigenvalue weighted by molar-refractivity contribution is 6.05. The average Bonchev–Trinajstić information content (AvgIpc) is 3.24. The van der Waals surface area contributed by atoms with E-state index in [1.165, 1.54) is 0 Å². The molecule has 0 bridgehead atoms. The number of aromatic nitrogens is 3. The van der Waals surface area contributed by atoms with Gasteiger partial charge in [0.15, 0.2) is 0 Å². The Balaban J connectivity index is 1.55. The summed E-state index contributed by atoms with van der Waals surface area (Å²) in [6, 6.07) is 23.9. The van der Waals surface area contributed by atoms with E-state index in [0.717, 1.165) is 5.69 Å². The summed E-state index contributed by atoms with van der Waals surface area (Å²) >= 11 is 0. The number of amides is 1. The maximum atomic E-state index is 12.7. The molecule has 1 aromatic heterocycles. The van der Waals surface area contributed by atoms with Crippen molar-refractivity contribution in [3.8, 4) is 17.2 Å². The number of nitrogens with one attached hydrogen (secondary N) is 1. The van der Waals surface area contributed by atoms with Crippen LogP contribution < -0.4 is 10.1 Å². The van der Waals surface area contributed by atoms with E-state index >= 15 is 0 Å². The summed E-state index contributed by atoms with van der Waals surface area (Å²) in [6.07, 6.45) is 3.31. The molecule has 1 amide bonds. The van der Waals surface area contributed by atoms with E-state index in [1.807, 2.05) is 60.7 Å². The number of ether oxygens (including phenoxy) is 1. The Labute approximate surface area is 156 Å². The molecule has 4 rings (SSSR count). The fourth-order valence-corrected chi connectivity index (χ4v) is 2.64. The molecular weight excluding hydrogens is 340 g/mol. The van der Waals surface area contributed by atoms with Crippen LogP contribution in [0.3, 0.4) is 0 Å². The summed E-state index contributed by atoms with van der Waals surface area (Å²) in [5.74, 6) is 1.08. The number of anilines is 1. The largest absolute Gasteiger partial charge is 0.457 e. The molecule has 27 heavy (non-hydrogen) atoms. The highest BCUT2D eigenvalue weighted by Gasteiger charge is 2.11. The van der Waals surface area contributed by atoms with Crippen LogP contribution in [0.2, 0.25) is 0 Å². The van der Waals surface area contributed by atoms with Gasteiger partial charge in [-0.05, 0) is 42.5 Å². The molecule has 1 N–H and O–H groups in total. The van der Waals surface area contributed by atoms with Crippen molar-refractivity contribution in [1.82, 2.24) is 15.0 Å². The molecule has 0 atom stereocenters. The zero-order valence-electron chi connectivity index (χ0n) is 14.3.